The molecule has 1 heterocycles. The summed E-state index contributed by atoms with van der Waals surface area (Å²) in [4.78, 5) is 12.0. The van der Waals surface area contributed by atoms with Crippen LogP contribution in [0.15, 0.2) is 58.9 Å². The molecule has 0 aliphatic carbocycles. The lowest BCUT2D eigenvalue weighted by molar-refractivity contribution is -0.117. The summed E-state index contributed by atoms with van der Waals surface area (Å²) in [7, 11) is 0. The minimum atomic E-state index is -0.446. The zero-order valence-corrected chi connectivity index (χ0v) is 13.2. The second-order valence-electron chi connectivity index (χ2n) is 5.32. The van der Waals surface area contributed by atoms with Gasteiger partial charge in [0.25, 0.3) is 5.91 Å². The van der Waals surface area contributed by atoms with Crippen molar-refractivity contribution in [3.63, 3.8) is 0 Å². The quantitative estimate of drug-likeness (QED) is 0.632. The molecule has 23 heavy (non-hydrogen) atoms. The van der Waals surface area contributed by atoms with Crippen molar-refractivity contribution in [3.05, 3.63) is 65.8 Å². The lowest BCUT2D eigenvalue weighted by atomic mass is 10.0. The molecule has 0 aliphatic heterocycles. The molecule has 0 fully saturated rings. The van der Waals surface area contributed by atoms with Gasteiger partial charge in [-0.2, -0.15) is 5.26 Å². The van der Waals surface area contributed by atoms with Crippen LogP contribution in [0.5, 0.6) is 0 Å². The van der Waals surface area contributed by atoms with Gasteiger partial charge >= 0.3 is 0 Å². The second kappa shape index (κ2) is 7.85. The van der Waals surface area contributed by atoms with E-state index in [1.165, 1.54) is 12.5 Å². The summed E-state index contributed by atoms with van der Waals surface area (Å²) in [6, 6.07) is 13.2. The van der Waals surface area contributed by atoms with Gasteiger partial charge in [-0.1, -0.05) is 32.0 Å². The number of anilines is 1. The highest BCUT2D eigenvalue weighted by molar-refractivity contribution is 5.97. The first-order chi connectivity index (χ1) is 11.1. The van der Waals surface area contributed by atoms with Crippen molar-refractivity contribution in [2.75, 3.05) is 5.32 Å². The van der Waals surface area contributed by atoms with Crippen LogP contribution in [-0.4, -0.2) is 5.91 Å². The number of furan rings is 1. The van der Waals surface area contributed by atoms with Gasteiger partial charge in [0.05, 0.1) is 12.8 Å². The minimum Gasteiger partial charge on any atom is -0.467 e. The third-order valence-corrected chi connectivity index (χ3v) is 3.32. The van der Waals surface area contributed by atoms with Gasteiger partial charge in [-0.25, -0.2) is 0 Å². The summed E-state index contributed by atoms with van der Waals surface area (Å²) in [5, 5.41) is 14.9. The molecule has 0 bridgehead atoms. The fourth-order valence-corrected chi connectivity index (χ4v) is 2.11. The summed E-state index contributed by atoms with van der Waals surface area (Å²) < 4.78 is 5.14. The third kappa shape index (κ3) is 4.48. The van der Waals surface area contributed by atoms with E-state index >= 15 is 0 Å². The van der Waals surface area contributed by atoms with Gasteiger partial charge in [0.1, 0.15) is 17.4 Å². The van der Waals surface area contributed by atoms with Gasteiger partial charge in [-0.15, -0.1) is 0 Å². The highest BCUT2D eigenvalue weighted by atomic mass is 16.3. The third-order valence-electron chi connectivity index (χ3n) is 3.32. The first-order valence-electron chi connectivity index (χ1n) is 7.38. The van der Waals surface area contributed by atoms with Crippen LogP contribution in [0.25, 0.3) is 0 Å². The molecule has 0 saturated heterocycles. The molecule has 0 saturated carbocycles. The molecular formula is C18H19N3O2. The van der Waals surface area contributed by atoms with E-state index in [1.807, 2.05) is 30.3 Å². The number of carbonyl (C=O) groups excluding carboxylic acids is 1. The zero-order chi connectivity index (χ0) is 16.7. The Bertz CT molecular complexity index is 725. The molecule has 0 spiro atoms. The number of benzene rings is 1. The average molecular weight is 309 g/mol. The Morgan fingerprint density at radius 1 is 1.30 bits per heavy atom. The van der Waals surface area contributed by atoms with E-state index in [1.54, 1.807) is 12.1 Å². The first-order valence-corrected chi connectivity index (χ1v) is 7.38. The van der Waals surface area contributed by atoms with E-state index in [9.17, 15) is 4.79 Å². The zero-order valence-electron chi connectivity index (χ0n) is 13.2. The smallest absolute Gasteiger partial charge is 0.263 e. The minimum absolute atomic E-state index is 0.00937. The molecular weight excluding hydrogens is 290 g/mol. The van der Waals surface area contributed by atoms with E-state index in [-0.39, 0.29) is 12.1 Å². The number of para-hydroxylation sites is 1. The Hall–Kier alpha value is -3.00. The summed E-state index contributed by atoms with van der Waals surface area (Å²) in [5.41, 5.74) is 2.02. The van der Waals surface area contributed by atoms with E-state index in [2.05, 4.69) is 24.5 Å². The number of hydrogen-bond donors (Lipinski definition) is 2. The molecule has 5 heteroatoms. The predicted molar refractivity (Wildman–Crippen MR) is 88.4 cm³/mol. The van der Waals surface area contributed by atoms with Gasteiger partial charge in [0.2, 0.25) is 0 Å². The lowest BCUT2D eigenvalue weighted by Gasteiger charge is -2.12. The molecule has 2 rings (SSSR count). The van der Waals surface area contributed by atoms with Gasteiger partial charge in [0, 0.05) is 11.9 Å². The van der Waals surface area contributed by atoms with Crippen molar-refractivity contribution < 1.29 is 9.21 Å². The van der Waals surface area contributed by atoms with Gasteiger partial charge in [-0.05, 0) is 29.7 Å². The van der Waals surface area contributed by atoms with E-state index in [4.69, 9.17) is 9.68 Å². The first kappa shape index (κ1) is 16.4. The molecule has 0 unspecified atom stereocenters. The number of rotatable bonds is 6. The molecule has 1 aromatic carbocycles. The van der Waals surface area contributed by atoms with Crippen molar-refractivity contribution in [1.82, 2.24) is 5.32 Å². The van der Waals surface area contributed by atoms with Crippen LogP contribution in [0, 0.1) is 11.3 Å². The van der Waals surface area contributed by atoms with Crippen LogP contribution < -0.4 is 10.6 Å². The maximum atomic E-state index is 12.0. The van der Waals surface area contributed by atoms with Crippen molar-refractivity contribution in [1.29, 1.82) is 5.26 Å². The van der Waals surface area contributed by atoms with Crippen LogP contribution in [0.1, 0.15) is 31.1 Å². The summed E-state index contributed by atoms with van der Waals surface area (Å²) >= 11 is 0. The van der Waals surface area contributed by atoms with Crippen LogP contribution in [0.3, 0.4) is 0 Å². The van der Waals surface area contributed by atoms with E-state index < -0.39 is 5.91 Å². The van der Waals surface area contributed by atoms with Crippen molar-refractivity contribution in [2.24, 2.45) is 0 Å². The molecule has 0 atom stereocenters. The number of nitriles is 1. The van der Waals surface area contributed by atoms with Gasteiger partial charge in [-0.3, -0.25) is 4.79 Å². The van der Waals surface area contributed by atoms with Crippen molar-refractivity contribution in [3.8, 4) is 6.07 Å². The lowest BCUT2D eigenvalue weighted by Crippen LogP contribution is -2.24. The highest BCUT2D eigenvalue weighted by Crippen LogP contribution is 2.23. The van der Waals surface area contributed by atoms with Crippen LogP contribution in [-0.2, 0) is 11.3 Å². The van der Waals surface area contributed by atoms with E-state index in [0.29, 0.717) is 11.7 Å². The number of hydrogen-bond acceptors (Lipinski definition) is 4. The SMILES string of the molecule is CC(C)c1ccccc1N/C=C(/C#N)C(=O)NCc1ccco1. The maximum Gasteiger partial charge on any atom is 0.263 e. The van der Waals surface area contributed by atoms with Crippen molar-refractivity contribution in [2.45, 2.75) is 26.3 Å². The number of amides is 1. The Kier molecular flexibility index (Phi) is 5.59. The molecule has 1 amide bonds. The standard InChI is InChI=1S/C18H19N3O2/c1-13(2)16-7-3-4-8-17(16)20-11-14(10-19)18(22)21-12-15-6-5-9-23-15/h3-9,11,13,20H,12H2,1-2H3,(H,21,22)/b14-11-. The topological polar surface area (TPSA) is 78.1 Å². The number of carbonyl (C=O) groups is 1. The molecule has 0 aliphatic rings. The molecule has 118 valence electrons. The molecule has 1 aromatic heterocycles. The molecule has 2 aromatic rings. The Morgan fingerprint density at radius 3 is 2.74 bits per heavy atom. The summed E-state index contributed by atoms with van der Waals surface area (Å²) in [5.74, 6) is 0.526. The van der Waals surface area contributed by atoms with Crippen LogP contribution >= 0.6 is 0 Å². The normalized spacial score (nSPS) is 11.1. The fourth-order valence-electron chi connectivity index (χ4n) is 2.11. The van der Waals surface area contributed by atoms with Gasteiger partial charge < -0.3 is 15.1 Å². The largest absolute Gasteiger partial charge is 0.467 e. The van der Waals surface area contributed by atoms with E-state index in [0.717, 1.165) is 11.3 Å². The van der Waals surface area contributed by atoms with Gasteiger partial charge in [0.15, 0.2) is 0 Å². The Morgan fingerprint density at radius 2 is 2.09 bits per heavy atom. The second-order valence-corrected chi connectivity index (χ2v) is 5.32. The summed E-state index contributed by atoms with van der Waals surface area (Å²) in [6.07, 6.45) is 2.96. The van der Waals surface area contributed by atoms with Crippen molar-refractivity contribution >= 4 is 11.6 Å². The molecule has 0 radical (unpaired) electrons. The molecule has 2 N–H and O–H groups in total. The predicted octanol–water partition coefficient (Wildman–Crippen LogP) is 3.54. The van der Waals surface area contributed by atoms with Crippen LogP contribution in [0.2, 0.25) is 0 Å². The Balaban J connectivity index is 2.04. The highest BCUT2D eigenvalue weighted by Gasteiger charge is 2.10. The fraction of sp³-hybridized carbons (Fsp3) is 0.222. The Labute approximate surface area is 135 Å². The monoisotopic (exact) mass is 309 g/mol. The summed E-state index contributed by atoms with van der Waals surface area (Å²) in [6.45, 7) is 4.42. The molecule has 5 nitrogen and oxygen atoms in total. The number of nitrogens with one attached hydrogen (secondary N) is 2. The number of nitrogens with zero attached hydrogens (tertiary/aromatic N) is 1. The average Bonchev–Trinajstić information content (AvgIpc) is 3.07. The van der Waals surface area contributed by atoms with Crippen LogP contribution in [0.4, 0.5) is 5.69 Å². The maximum absolute atomic E-state index is 12.0.